The van der Waals surface area contributed by atoms with Gasteiger partial charge in [-0.1, -0.05) is 31.0 Å². The van der Waals surface area contributed by atoms with Crippen LogP contribution in [0.4, 0.5) is 0 Å². The fraction of sp³-hybridized carbons (Fsp3) is 0.562. The van der Waals surface area contributed by atoms with Crippen LogP contribution in [-0.2, 0) is 6.54 Å². The van der Waals surface area contributed by atoms with Gasteiger partial charge in [-0.3, -0.25) is 0 Å². The summed E-state index contributed by atoms with van der Waals surface area (Å²) < 4.78 is 2.28. The predicted molar refractivity (Wildman–Crippen MR) is 85.5 cm³/mol. The number of imidazole rings is 1. The number of alkyl halides is 1. The number of hydrogen-bond acceptors (Lipinski definition) is 1. The fourth-order valence-electron chi connectivity index (χ4n) is 3.38. The predicted octanol–water partition coefficient (Wildman–Crippen LogP) is 5.43. The van der Waals surface area contributed by atoms with Gasteiger partial charge in [0.05, 0.1) is 15.9 Å². The Bertz CT molecular complexity index is 618. The molecule has 3 rings (SSSR count). The first-order valence-corrected chi connectivity index (χ1v) is 8.16. The molecule has 3 atom stereocenters. The molecule has 0 saturated heterocycles. The van der Waals surface area contributed by atoms with Gasteiger partial charge in [0.25, 0.3) is 0 Å². The molecule has 0 amide bonds. The van der Waals surface area contributed by atoms with Crippen LogP contribution in [0.2, 0.25) is 5.02 Å². The Labute approximate surface area is 130 Å². The van der Waals surface area contributed by atoms with Gasteiger partial charge in [0.15, 0.2) is 0 Å². The Hall–Kier alpha value is -0.730. The van der Waals surface area contributed by atoms with Crippen molar-refractivity contribution in [3.05, 3.63) is 29.0 Å². The van der Waals surface area contributed by atoms with Crippen molar-refractivity contribution in [3.8, 4) is 0 Å². The molecule has 1 saturated carbocycles. The third-order valence-corrected chi connectivity index (χ3v) is 4.86. The van der Waals surface area contributed by atoms with Crippen molar-refractivity contribution < 1.29 is 0 Å². The lowest BCUT2D eigenvalue weighted by Gasteiger charge is -2.15. The highest BCUT2D eigenvalue weighted by atomic mass is 35.5. The van der Waals surface area contributed by atoms with Gasteiger partial charge >= 0.3 is 0 Å². The molecule has 0 spiro atoms. The molecule has 1 aliphatic rings. The van der Waals surface area contributed by atoms with Crippen LogP contribution in [0.5, 0.6) is 0 Å². The molecule has 3 unspecified atom stereocenters. The first-order chi connectivity index (χ1) is 9.56. The number of benzene rings is 1. The zero-order chi connectivity index (χ0) is 14.3. The number of fused-ring (bicyclic) bond motifs is 1. The largest absolute Gasteiger partial charge is 0.326 e. The second-order valence-electron chi connectivity index (χ2n) is 6.09. The molecule has 0 bridgehead atoms. The number of para-hydroxylation sites is 1. The summed E-state index contributed by atoms with van der Waals surface area (Å²) in [6, 6.07) is 5.97. The molecule has 1 heterocycles. The zero-order valence-corrected chi connectivity index (χ0v) is 13.5. The average Bonchev–Trinajstić information content (AvgIpc) is 2.96. The van der Waals surface area contributed by atoms with Gasteiger partial charge in [0.1, 0.15) is 11.3 Å². The van der Waals surface area contributed by atoms with E-state index in [1.165, 1.54) is 19.3 Å². The Morgan fingerprint density at radius 1 is 1.40 bits per heavy atom. The lowest BCUT2D eigenvalue weighted by molar-refractivity contribution is 0.438. The van der Waals surface area contributed by atoms with Crippen LogP contribution in [0.25, 0.3) is 11.0 Å². The van der Waals surface area contributed by atoms with E-state index in [0.717, 1.165) is 35.2 Å². The van der Waals surface area contributed by atoms with E-state index in [-0.39, 0.29) is 5.38 Å². The summed E-state index contributed by atoms with van der Waals surface area (Å²) in [6.07, 6.45) is 3.94. The minimum atomic E-state index is -0.0997. The van der Waals surface area contributed by atoms with Gasteiger partial charge in [-0.2, -0.15) is 0 Å². The third kappa shape index (κ3) is 2.56. The maximum Gasteiger partial charge on any atom is 0.127 e. The normalized spacial score (nSPS) is 24.4. The van der Waals surface area contributed by atoms with Crippen molar-refractivity contribution in [2.24, 2.45) is 11.8 Å². The Morgan fingerprint density at radius 2 is 2.20 bits per heavy atom. The molecule has 2 nitrogen and oxygen atoms in total. The Morgan fingerprint density at radius 3 is 2.85 bits per heavy atom. The van der Waals surface area contributed by atoms with Gasteiger partial charge < -0.3 is 4.57 Å². The molecule has 1 aromatic carbocycles. The second-order valence-corrected chi connectivity index (χ2v) is 7.15. The minimum absolute atomic E-state index is 0.0997. The molecule has 0 N–H and O–H groups in total. The van der Waals surface area contributed by atoms with Crippen molar-refractivity contribution in [1.82, 2.24) is 9.55 Å². The molecule has 20 heavy (non-hydrogen) atoms. The average molecular weight is 311 g/mol. The smallest absolute Gasteiger partial charge is 0.127 e. The van der Waals surface area contributed by atoms with Crippen molar-refractivity contribution >= 4 is 34.2 Å². The monoisotopic (exact) mass is 310 g/mol. The standard InChI is InChI=1S/C16H20Cl2N2/c1-10-6-7-12(8-10)9-20-14-5-3-4-13(18)15(14)19-16(20)11(2)17/h3-5,10-12H,6-9H2,1-2H3. The number of nitrogens with zero attached hydrogens (tertiary/aromatic N) is 2. The molecule has 1 fully saturated rings. The van der Waals surface area contributed by atoms with Crippen LogP contribution < -0.4 is 0 Å². The fourth-order valence-corrected chi connectivity index (χ4v) is 3.75. The van der Waals surface area contributed by atoms with Crippen molar-refractivity contribution in [2.75, 3.05) is 0 Å². The first-order valence-electron chi connectivity index (χ1n) is 7.35. The van der Waals surface area contributed by atoms with Crippen molar-refractivity contribution in [3.63, 3.8) is 0 Å². The molecule has 108 valence electrons. The molecule has 4 heteroatoms. The molecule has 1 aliphatic carbocycles. The van der Waals surface area contributed by atoms with Gasteiger partial charge in [0.2, 0.25) is 0 Å². The topological polar surface area (TPSA) is 17.8 Å². The molecule has 0 radical (unpaired) electrons. The van der Waals surface area contributed by atoms with Crippen LogP contribution in [0.1, 0.15) is 44.3 Å². The summed E-state index contributed by atoms with van der Waals surface area (Å²) in [5.74, 6) is 2.51. The van der Waals surface area contributed by atoms with E-state index in [1.54, 1.807) is 0 Å². The summed E-state index contributed by atoms with van der Waals surface area (Å²) in [7, 11) is 0. The highest BCUT2D eigenvalue weighted by Crippen LogP contribution is 2.35. The second kappa shape index (κ2) is 5.57. The number of hydrogen-bond donors (Lipinski definition) is 0. The summed E-state index contributed by atoms with van der Waals surface area (Å²) in [6.45, 7) is 5.33. The highest BCUT2D eigenvalue weighted by molar-refractivity contribution is 6.35. The summed E-state index contributed by atoms with van der Waals surface area (Å²) >= 11 is 12.6. The number of rotatable bonds is 3. The van der Waals surface area contributed by atoms with Crippen LogP contribution in [-0.4, -0.2) is 9.55 Å². The zero-order valence-electron chi connectivity index (χ0n) is 11.9. The highest BCUT2D eigenvalue weighted by Gasteiger charge is 2.24. The van der Waals surface area contributed by atoms with Gasteiger partial charge in [0, 0.05) is 6.54 Å². The van der Waals surface area contributed by atoms with E-state index in [9.17, 15) is 0 Å². The Kier molecular flexibility index (Phi) is 3.96. The quantitative estimate of drug-likeness (QED) is 0.691. The van der Waals surface area contributed by atoms with E-state index >= 15 is 0 Å². The molecule has 1 aromatic heterocycles. The van der Waals surface area contributed by atoms with E-state index in [0.29, 0.717) is 5.02 Å². The van der Waals surface area contributed by atoms with Gasteiger partial charge in [-0.05, 0) is 43.7 Å². The molecule has 0 aliphatic heterocycles. The maximum absolute atomic E-state index is 6.32. The summed E-state index contributed by atoms with van der Waals surface area (Å²) in [4.78, 5) is 4.67. The minimum Gasteiger partial charge on any atom is -0.326 e. The van der Waals surface area contributed by atoms with Crippen molar-refractivity contribution in [1.29, 1.82) is 0 Å². The Balaban J connectivity index is 2.03. The third-order valence-electron chi connectivity index (χ3n) is 4.36. The van der Waals surface area contributed by atoms with Crippen molar-refractivity contribution in [2.45, 2.75) is 45.0 Å². The lowest BCUT2D eigenvalue weighted by atomic mass is 10.1. The maximum atomic E-state index is 6.32. The first kappa shape index (κ1) is 14.2. The lowest BCUT2D eigenvalue weighted by Crippen LogP contribution is -2.11. The summed E-state index contributed by atoms with van der Waals surface area (Å²) in [5.41, 5.74) is 1.99. The molecular formula is C16H20Cl2N2. The number of halogens is 2. The van der Waals surface area contributed by atoms with Gasteiger partial charge in [-0.25, -0.2) is 4.98 Å². The van der Waals surface area contributed by atoms with Gasteiger partial charge in [-0.15, -0.1) is 11.6 Å². The van der Waals surface area contributed by atoms with Crippen LogP contribution in [0, 0.1) is 11.8 Å². The van der Waals surface area contributed by atoms with E-state index in [1.807, 2.05) is 19.1 Å². The van der Waals surface area contributed by atoms with E-state index in [2.05, 4.69) is 22.5 Å². The van der Waals surface area contributed by atoms with Crippen LogP contribution in [0.15, 0.2) is 18.2 Å². The van der Waals surface area contributed by atoms with Crippen LogP contribution in [0.3, 0.4) is 0 Å². The SMILES string of the molecule is CC1CCC(Cn2c(C(C)Cl)nc3c(Cl)cccc32)C1. The van der Waals surface area contributed by atoms with Crippen LogP contribution >= 0.6 is 23.2 Å². The molecular weight excluding hydrogens is 291 g/mol. The number of aromatic nitrogens is 2. The van der Waals surface area contributed by atoms with E-state index in [4.69, 9.17) is 23.2 Å². The molecule has 2 aromatic rings. The van der Waals surface area contributed by atoms with E-state index < -0.39 is 0 Å². The summed E-state index contributed by atoms with van der Waals surface area (Å²) in [5, 5.41) is 0.608.